The number of likely N-dealkylation sites (tertiary alicyclic amines) is 1. The van der Waals surface area contributed by atoms with Gasteiger partial charge in [0.1, 0.15) is 0 Å². The SMILES string of the molecule is CC1CCCC(C)N1CCCC(N)=O. The predicted octanol–water partition coefficient (Wildman–Crippen LogP) is 1.51. The number of carbonyl (C=O) groups excluding carboxylic acids is 1. The zero-order chi connectivity index (χ0) is 10.6. The van der Waals surface area contributed by atoms with Crippen LogP contribution < -0.4 is 5.73 Å². The Hall–Kier alpha value is -0.570. The van der Waals surface area contributed by atoms with E-state index in [4.69, 9.17) is 5.73 Å². The van der Waals surface area contributed by atoms with Crippen LogP contribution in [0.25, 0.3) is 0 Å². The van der Waals surface area contributed by atoms with Gasteiger partial charge in [0.25, 0.3) is 0 Å². The molecule has 3 heteroatoms. The van der Waals surface area contributed by atoms with Gasteiger partial charge in [0.2, 0.25) is 5.91 Å². The lowest BCUT2D eigenvalue weighted by molar-refractivity contribution is -0.118. The van der Waals surface area contributed by atoms with E-state index in [1.54, 1.807) is 0 Å². The molecular formula is C11H22N2O. The summed E-state index contributed by atoms with van der Waals surface area (Å²) >= 11 is 0. The standard InChI is InChI=1S/C11H22N2O/c1-9-5-3-6-10(2)13(9)8-4-7-11(12)14/h9-10H,3-8H2,1-2H3,(H2,12,14). The van der Waals surface area contributed by atoms with E-state index in [0.29, 0.717) is 18.5 Å². The van der Waals surface area contributed by atoms with Gasteiger partial charge in [-0.2, -0.15) is 0 Å². The Bertz CT molecular complexity index is 184. The van der Waals surface area contributed by atoms with Crippen molar-refractivity contribution in [3.8, 4) is 0 Å². The van der Waals surface area contributed by atoms with Crippen molar-refractivity contribution in [1.82, 2.24) is 4.90 Å². The highest BCUT2D eigenvalue weighted by Crippen LogP contribution is 2.22. The third kappa shape index (κ3) is 3.29. The first kappa shape index (κ1) is 11.5. The summed E-state index contributed by atoms with van der Waals surface area (Å²) in [5.41, 5.74) is 5.12. The van der Waals surface area contributed by atoms with Crippen LogP contribution in [0.2, 0.25) is 0 Å². The molecule has 14 heavy (non-hydrogen) atoms. The Balaban J connectivity index is 2.29. The molecule has 1 fully saturated rings. The molecule has 1 rings (SSSR count). The van der Waals surface area contributed by atoms with Crippen LogP contribution >= 0.6 is 0 Å². The number of amides is 1. The van der Waals surface area contributed by atoms with Crippen molar-refractivity contribution in [3.63, 3.8) is 0 Å². The van der Waals surface area contributed by atoms with Crippen LogP contribution in [0.3, 0.4) is 0 Å². The second-order valence-corrected chi connectivity index (χ2v) is 4.44. The molecule has 2 unspecified atom stereocenters. The number of hydrogen-bond acceptors (Lipinski definition) is 2. The highest BCUT2D eigenvalue weighted by Gasteiger charge is 2.23. The zero-order valence-electron chi connectivity index (χ0n) is 9.33. The average Bonchev–Trinajstić information content (AvgIpc) is 2.09. The number of nitrogens with zero attached hydrogens (tertiary/aromatic N) is 1. The highest BCUT2D eigenvalue weighted by molar-refractivity contribution is 5.73. The van der Waals surface area contributed by atoms with Gasteiger partial charge in [-0.25, -0.2) is 0 Å². The lowest BCUT2D eigenvalue weighted by Crippen LogP contribution is -2.44. The molecule has 0 spiro atoms. The molecule has 0 aliphatic carbocycles. The van der Waals surface area contributed by atoms with Gasteiger partial charge < -0.3 is 5.73 Å². The first-order valence-corrected chi connectivity index (χ1v) is 5.65. The number of piperidine rings is 1. The van der Waals surface area contributed by atoms with Gasteiger partial charge in [0, 0.05) is 18.5 Å². The Labute approximate surface area is 86.6 Å². The van der Waals surface area contributed by atoms with Crippen molar-refractivity contribution >= 4 is 5.91 Å². The van der Waals surface area contributed by atoms with E-state index in [0.717, 1.165) is 13.0 Å². The molecule has 2 N–H and O–H groups in total. The summed E-state index contributed by atoms with van der Waals surface area (Å²) in [5, 5.41) is 0. The molecule has 2 atom stereocenters. The number of primary amides is 1. The van der Waals surface area contributed by atoms with Crippen LogP contribution in [-0.4, -0.2) is 29.4 Å². The van der Waals surface area contributed by atoms with E-state index in [1.165, 1.54) is 19.3 Å². The largest absolute Gasteiger partial charge is 0.370 e. The minimum Gasteiger partial charge on any atom is -0.370 e. The molecule has 1 saturated heterocycles. The topological polar surface area (TPSA) is 46.3 Å². The van der Waals surface area contributed by atoms with Crippen molar-refractivity contribution in [2.45, 2.75) is 58.0 Å². The predicted molar refractivity (Wildman–Crippen MR) is 57.9 cm³/mol. The first-order valence-electron chi connectivity index (χ1n) is 5.65. The molecule has 1 heterocycles. The van der Waals surface area contributed by atoms with Gasteiger partial charge in [-0.3, -0.25) is 9.69 Å². The summed E-state index contributed by atoms with van der Waals surface area (Å²) in [4.78, 5) is 13.1. The fourth-order valence-corrected chi connectivity index (χ4v) is 2.35. The van der Waals surface area contributed by atoms with E-state index >= 15 is 0 Å². The van der Waals surface area contributed by atoms with Crippen LogP contribution in [-0.2, 0) is 4.79 Å². The average molecular weight is 198 g/mol. The summed E-state index contributed by atoms with van der Waals surface area (Å²) in [6.45, 7) is 5.57. The second kappa shape index (κ2) is 5.35. The molecule has 0 aromatic rings. The smallest absolute Gasteiger partial charge is 0.217 e. The van der Waals surface area contributed by atoms with Crippen molar-refractivity contribution in [3.05, 3.63) is 0 Å². The fourth-order valence-electron chi connectivity index (χ4n) is 2.35. The molecule has 0 aromatic heterocycles. The number of nitrogens with two attached hydrogens (primary N) is 1. The quantitative estimate of drug-likeness (QED) is 0.744. The van der Waals surface area contributed by atoms with E-state index in [2.05, 4.69) is 18.7 Å². The Morgan fingerprint density at radius 2 is 1.93 bits per heavy atom. The van der Waals surface area contributed by atoms with Crippen LogP contribution in [0.1, 0.15) is 46.0 Å². The van der Waals surface area contributed by atoms with Gasteiger partial charge >= 0.3 is 0 Å². The van der Waals surface area contributed by atoms with E-state index in [9.17, 15) is 4.79 Å². The summed E-state index contributed by atoms with van der Waals surface area (Å²) in [6.07, 6.45) is 5.36. The second-order valence-electron chi connectivity index (χ2n) is 4.44. The molecule has 1 aliphatic rings. The normalized spacial score (nSPS) is 29.0. The maximum absolute atomic E-state index is 10.6. The molecule has 82 valence electrons. The molecular weight excluding hydrogens is 176 g/mol. The minimum atomic E-state index is -0.178. The maximum Gasteiger partial charge on any atom is 0.217 e. The monoisotopic (exact) mass is 198 g/mol. The van der Waals surface area contributed by atoms with E-state index < -0.39 is 0 Å². The summed E-state index contributed by atoms with van der Waals surface area (Å²) in [6, 6.07) is 1.35. The Morgan fingerprint density at radius 1 is 1.36 bits per heavy atom. The fraction of sp³-hybridized carbons (Fsp3) is 0.909. The van der Waals surface area contributed by atoms with E-state index in [-0.39, 0.29) is 5.91 Å². The van der Waals surface area contributed by atoms with Gasteiger partial charge in [0.05, 0.1) is 0 Å². The molecule has 0 aromatic carbocycles. The summed E-state index contributed by atoms with van der Waals surface area (Å²) < 4.78 is 0. The van der Waals surface area contributed by atoms with Gasteiger partial charge in [-0.05, 0) is 39.7 Å². The highest BCUT2D eigenvalue weighted by atomic mass is 16.1. The van der Waals surface area contributed by atoms with E-state index in [1.807, 2.05) is 0 Å². The summed E-state index contributed by atoms with van der Waals surface area (Å²) in [7, 11) is 0. The van der Waals surface area contributed by atoms with Crippen molar-refractivity contribution in [2.75, 3.05) is 6.54 Å². The molecule has 0 radical (unpaired) electrons. The maximum atomic E-state index is 10.6. The van der Waals surface area contributed by atoms with Crippen LogP contribution in [0.5, 0.6) is 0 Å². The van der Waals surface area contributed by atoms with Crippen LogP contribution in [0.4, 0.5) is 0 Å². The van der Waals surface area contributed by atoms with Crippen molar-refractivity contribution in [1.29, 1.82) is 0 Å². The minimum absolute atomic E-state index is 0.178. The Kier molecular flexibility index (Phi) is 4.39. The Morgan fingerprint density at radius 3 is 2.43 bits per heavy atom. The van der Waals surface area contributed by atoms with Crippen molar-refractivity contribution in [2.24, 2.45) is 5.73 Å². The number of rotatable bonds is 4. The molecule has 0 saturated carbocycles. The zero-order valence-corrected chi connectivity index (χ0v) is 9.33. The first-order chi connectivity index (χ1) is 6.61. The lowest BCUT2D eigenvalue weighted by atomic mass is 9.97. The lowest BCUT2D eigenvalue weighted by Gasteiger charge is -2.39. The van der Waals surface area contributed by atoms with Crippen LogP contribution in [0, 0.1) is 0 Å². The van der Waals surface area contributed by atoms with Crippen molar-refractivity contribution < 1.29 is 4.79 Å². The molecule has 1 amide bonds. The number of carbonyl (C=O) groups is 1. The van der Waals surface area contributed by atoms with Gasteiger partial charge in [-0.1, -0.05) is 6.42 Å². The molecule has 0 bridgehead atoms. The number of hydrogen-bond donors (Lipinski definition) is 1. The summed E-state index contributed by atoms with van der Waals surface area (Å²) in [5.74, 6) is -0.178. The molecule has 3 nitrogen and oxygen atoms in total. The third-order valence-corrected chi connectivity index (χ3v) is 3.22. The van der Waals surface area contributed by atoms with Crippen LogP contribution in [0.15, 0.2) is 0 Å². The molecule has 1 aliphatic heterocycles. The van der Waals surface area contributed by atoms with Gasteiger partial charge in [0.15, 0.2) is 0 Å². The third-order valence-electron chi connectivity index (χ3n) is 3.22. The van der Waals surface area contributed by atoms with Gasteiger partial charge in [-0.15, -0.1) is 0 Å².